The zero-order valence-corrected chi connectivity index (χ0v) is 14.0. The monoisotopic (exact) mass is 276 g/mol. The first-order valence-corrected chi connectivity index (χ1v) is 8.77. The molecule has 3 aliphatic rings. The summed E-state index contributed by atoms with van der Waals surface area (Å²) in [5.74, 6) is 3.98. The standard InChI is InChI=1S/C15H22O.C4H10/c1-4-10-13(9(3)16)15(5-2)12-8-6-7-11(12)14(10)15;1-3-4-2/h6-7,10-14H,4-5,8H2,1-3H3;3-4H2,1-2H3. The molecule has 0 saturated heterocycles. The van der Waals surface area contributed by atoms with Crippen LogP contribution in [0.5, 0.6) is 0 Å². The van der Waals surface area contributed by atoms with Crippen molar-refractivity contribution < 1.29 is 4.79 Å². The lowest BCUT2D eigenvalue weighted by Gasteiger charge is -2.75. The fourth-order valence-electron chi connectivity index (χ4n) is 5.60. The van der Waals surface area contributed by atoms with Crippen LogP contribution >= 0.6 is 0 Å². The number of Topliss-reactive ketones (excluding diaryl/α,β-unsaturated/α-hetero) is 1. The van der Waals surface area contributed by atoms with E-state index in [-0.39, 0.29) is 0 Å². The smallest absolute Gasteiger partial charge is 0.133 e. The number of ketones is 1. The Morgan fingerprint density at radius 2 is 1.85 bits per heavy atom. The molecule has 0 amide bonds. The molecule has 0 aromatic heterocycles. The first kappa shape index (κ1) is 15.8. The summed E-state index contributed by atoms with van der Waals surface area (Å²) in [5.41, 5.74) is 0.403. The van der Waals surface area contributed by atoms with Gasteiger partial charge in [-0.1, -0.05) is 59.1 Å². The van der Waals surface area contributed by atoms with Gasteiger partial charge >= 0.3 is 0 Å². The summed E-state index contributed by atoms with van der Waals surface area (Å²) >= 11 is 0. The Hall–Kier alpha value is -0.590. The molecule has 20 heavy (non-hydrogen) atoms. The van der Waals surface area contributed by atoms with Crippen molar-refractivity contribution in [3.8, 4) is 0 Å². The van der Waals surface area contributed by atoms with Crippen LogP contribution in [0.1, 0.15) is 66.7 Å². The van der Waals surface area contributed by atoms with E-state index >= 15 is 0 Å². The Morgan fingerprint density at radius 3 is 2.30 bits per heavy atom. The van der Waals surface area contributed by atoms with Gasteiger partial charge in [-0.25, -0.2) is 0 Å². The lowest BCUT2D eigenvalue weighted by atomic mass is 9.28. The molecule has 6 atom stereocenters. The molecule has 2 saturated carbocycles. The van der Waals surface area contributed by atoms with Gasteiger partial charge < -0.3 is 0 Å². The summed E-state index contributed by atoms with van der Waals surface area (Å²) in [6, 6.07) is 0. The van der Waals surface area contributed by atoms with E-state index < -0.39 is 0 Å². The van der Waals surface area contributed by atoms with Crippen LogP contribution in [-0.4, -0.2) is 5.78 Å². The van der Waals surface area contributed by atoms with Crippen molar-refractivity contribution >= 4 is 5.78 Å². The van der Waals surface area contributed by atoms with Gasteiger partial charge in [0.25, 0.3) is 0 Å². The molecule has 0 N–H and O–H groups in total. The molecule has 114 valence electrons. The summed E-state index contributed by atoms with van der Waals surface area (Å²) in [6.07, 6.45) is 11.1. The molecule has 0 aromatic rings. The number of unbranched alkanes of at least 4 members (excludes halogenated alkanes) is 1. The number of carbonyl (C=O) groups excluding carboxylic acids is 1. The zero-order chi connectivity index (χ0) is 14.9. The summed E-state index contributed by atoms with van der Waals surface area (Å²) in [4.78, 5) is 11.9. The minimum absolute atomic E-state index is 0.383. The van der Waals surface area contributed by atoms with Gasteiger partial charge in [-0.05, 0) is 48.9 Å². The van der Waals surface area contributed by atoms with E-state index in [1.54, 1.807) is 0 Å². The lowest BCUT2D eigenvalue weighted by molar-refractivity contribution is -0.265. The van der Waals surface area contributed by atoms with E-state index in [0.29, 0.717) is 23.0 Å². The highest BCUT2D eigenvalue weighted by atomic mass is 16.1. The Labute approximate surface area is 125 Å². The fourth-order valence-corrected chi connectivity index (χ4v) is 5.60. The number of carbonyl (C=O) groups is 1. The molecule has 1 heteroatoms. The zero-order valence-electron chi connectivity index (χ0n) is 14.0. The van der Waals surface area contributed by atoms with E-state index in [2.05, 4.69) is 39.8 Å². The van der Waals surface area contributed by atoms with E-state index in [0.717, 1.165) is 17.8 Å². The van der Waals surface area contributed by atoms with Gasteiger partial charge in [0.1, 0.15) is 5.78 Å². The summed E-state index contributed by atoms with van der Waals surface area (Å²) in [6.45, 7) is 10.7. The second kappa shape index (κ2) is 6.03. The molecular formula is C19H32O. The van der Waals surface area contributed by atoms with Gasteiger partial charge in [-0.15, -0.1) is 0 Å². The maximum atomic E-state index is 11.9. The quantitative estimate of drug-likeness (QED) is 0.640. The molecule has 0 spiro atoms. The minimum atomic E-state index is 0.383. The van der Waals surface area contributed by atoms with E-state index in [1.165, 1.54) is 32.1 Å². The highest BCUT2D eigenvalue weighted by molar-refractivity contribution is 5.81. The molecule has 1 nitrogen and oxygen atoms in total. The van der Waals surface area contributed by atoms with Gasteiger partial charge in [-0.3, -0.25) is 4.79 Å². The number of rotatable bonds is 4. The third kappa shape index (κ3) is 1.92. The van der Waals surface area contributed by atoms with E-state index in [9.17, 15) is 4.79 Å². The van der Waals surface area contributed by atoms with Gasteiger partial charge in [0.05, 0.1) is 0 Å². The van der Waals surface area contributed by atoms with Crippen molar-refractivity contribution in [2.45, 2.75) is 66.7 Å². The molecule has 0 aromatic carbocycles. The maximum Gasteiger partial charge on any atom is 0.133 e. The van der Waals surface area contributed by atoms with Crippen LogP contribution in [0.2, 0.25) is 0 Å². The molecule has 0 heterocycles. The summed E-state index contributed by atoms with van der Waals surface area (Å²) in [7, 11) is 0. The Morgan fingerprint density at radius 1 is 1.20 bits per heavy atom. The predicted molar refractivity (Wildman–Crippen MR) is 85.5 cm³/mol. The Balaban J connectivity index is 0.000000328. The van der Waals surface area contributed by atoms with Crippen molar-refractivity contribution in [1.29, 1.82) is 0 Å². The first-order chi connectivity index (χ1) is 9.59. The van der Waals surface area contributed by atoms with Gasteiger partial charge in [0.15, 0.2) is 0 Å². The van der Waals surface area contributed by atoms with Crippen molar-refractivity contribution in [2.24, 2.45) is 35.0 Å². The molecule has 3 aliphatic carbocycles. The second-order valence-electron chi connectivity index (χ2n) is 7.00. The molecule has 0 bridgehead atoms. The minimum Gasteiger partial charge on any atom is -0.300 e. The molecule has 2 fully saturated rings. The first-order valence-electron chi connectivity index (χ1n) is 8.77. The normalized spacial score (nSPS) is 43.5. The Bertz CT molecular complexity index is 381. The van der Waals surface area contributed by atoms with Crippen LogP contribution in [-0.2, 0) is 4.79 Å². The van der Waals surface area contributed by atoms with Crippen molar-refractivity contribution in [1.82, 2.24) is 0 Å². The molecule has 0 aliphatic heterocycles. The van der Waals surface area contributed by atoms with Crippen LogP contribution < -0.4 is 0 Å². The molecule has 0 radical (unpaired) electrons. The second-order valence-corrected chi connectivity index (χ2v) is 7.00. The Kier molecular flexibility index (Phi) is 4.76. The van der Waals surface area contributed by atoms with Gasteiger partial charge in [0.2, 0.25) is 0 Å². The van der Waals surface area contributed by atoms with Crippen molar-refractivity contribution in [2.75, 3.05) is 0 Å². The third-order valence-electron chi connectivity index (χ3n) is 6.43. The average molecular weight is 276 g/mol. The van der Waals surface area contributed by atoms with Crippen LogP contribution in [0.15, 0.2) is 12.2 Å². The highest BCUT2D eigenvalue weighted by Gasteiger charge is 2.75. The molecular weight excluding hydrogens is 244 g/mol. The summed E-state index contributed by atoms with van der Waals surface area (Å²) < 4.78 is 0. The third-order valence-corrected chi connectivity index (χ3v) is 6.43. The van der Waals surface area contributed by atoms with Crippen molar-refractivity contribution in [3.63, 3.8) is 0 Å². The summed E-state index contributed by atoms with van der Waals surface area (Å²) in [5, 5.41) is 0. The maximum absolute atomic E-state index is 11.9. The van der Waals surface area contributed by atoms with Crippen LogP contribution in [0.25, 0.3) is 0 Å². The van der Waals surface area contributed by atoms with Crippen molar-refractivity contribution in [3.05, 3.63) is 12.2 Å². The molecule has 3 rings (SSSR count). The number of hydrogen-bond acceptors (Lipinski definition) is 1. The predicted octanol–water partition coefficient (Wildman–Crippen LogP) is 5.26. The SMILES string of the molecule is CCC1C(C(C)=O)C2(CC)C3CC=CC3C12.CCCC. The van der Waals surface area contributed by atoms with Crippen LogP contribution in [0.4, 0.5) is 0 Å². The van der Waals surface area contributed by atoms with Crippen LogP contribution in [0, 0.1) is 35.0 Å². The van der Waals surface area contributed by atoms with Gasteiger partial charge in [-0.2, -0.15) is 0 Å². The number of fused-ring (bicyclic) bond motifs is 4. The fraction of sp³-hybridized carbons (Fsp3) is 0.842. The lowest BCUT2D eigenvalue weighted by Crippen LogP contribution is -2.73. The van der Waals surface area contributed by atoms with Crippen LogP contribution in [0.3, 0.4) is 0 Å². The number of allylic oxidation sites excluding steroid dienone is 2. The molecule has 6 unspecified atom stereocenters. The van der Waals surface area contributed by atoms with E-state index in [1.807, 2.05) is 6.92 Å². The van der Waals surface area contributed by atoms with E-state index in [4.69, 9.17) is 0 Å². The highest BCUT2D eigenvalue weighted by Crippen LogP contribution is 2.77. The largest absolute Gasteiger partial charge is 0.300 e. The average Bonchev–Trinajstić information content (AvgIpc) is 2.84. The van der Waals surface area contributed by atoms with Gasteiger partial charge in [0, 0.05) is 5.92 Å². The number of hydrogen-bond donors (Lipinski definition) is 0. The topological polar surface area (TPSA) is 17.1 Å².